The van der Waals surface area contributed by atoms with E-state index in [1.165, 1.54) is 6.26 Å². The highest BCUT2D eigenvalue weighted by atomic mass is 35.5. The van der Waals surface area contributed by atoms with Gasteiger partial charge in [0.15, 0.2) is 9.84 Å². The van der Waals surface area contributed by atoms with Crippen molar-refractivity contribution in [2.24, 2.45) is 0 Å². The van der Waals surface area contributed by atoms with E-state index in [0.29, 0.717) is 11.3 Å². The van der Waals surface area contributed by atoms with Crippen LogP contribution in [0.2, 0.25) is 0 Å². The van der Waals surface area contributed by atoms with Gasteiger partial charge in [-0.3, -0.25) is 4.79 Å². The van der Waals surface area contributed by atoms with Gasteiger partial charge >= 0.3 is 0 Å². The molecule has 0 unspecified atom stereocenters. The van der Waals surface area contributed by atoms with Crippen LogP contribution in [0.1, 0.15) is 28.6 Å². The molecule has 1 aromatic heterocycles. The summed E-state index contributed by atoms with van der Waals surface area (Å²) in [4.78, 5) is 11.9. The molecule has 24 heavy (non-hydrogen) atoms. The lowest BCUT2D eigenvalue weighted by atomic mass is 10.2. The Morgan fingerprint density at radius 3 is 2.67 bits per heavy atom. The molecule has 130 valence electrons. The van der Waals surface area contributed by atoms with Gasteiger partial charge in [-0.2, -0.15) is 0 Å². The van der Waals surface area contributed by atoms with Gasteiger partial charge in [0.1, 0.15) is 11.0 Å². The number of sulfone groups is 1. The Kier molecular flexibility index (Phi) is 6.07. The Labute approximate surface area is 146 Å². The SMILES string of the molecule is Cc1ccc(C)c(S(=O)(=O)[C@@H](CNC(=O)CCCl)c2ccco2)c1. The summed E-state index contributed by atoms with van der Waals surface area (Å²) in [6, 6.07) is 8.50. The monoisotopic (exact) mass is 369 g/mol. The molecule has 0 bridgehead atoms. The van der Waals surface area contributed by atoms with Gasteiger partial charge in [0.05, 0.1) is 11.2 Å². The first-order valence-electron chi connectivity index (χ1n) is 7.53. The third-order valence-corrected chi connectivity index (χ3v) is 6.08. The van der Waals surface area contributed by atoms with Gasteiger partial charge in [0.25, 0.3) is 0 Å². The largest absolute Gasteiger partial charge is 0.468 e. The number of rotatable bonds is 7. The van der Waals surface area contributed by atoms with Crippen LogP contribution in [0, 0.1) is 13.8 Å². The van der Waals surface area contributed by atoms with Crippen molar-refractivity contribution < 1.29 is 17.6 Å². The molecule has 5 nitrogen and oxygen atoms in total. The van der Waals surface area contributed by atoms with Crippen molar-refractivity contribution in [1.82, 2.24) is 5.32 Å². The number of nitrogens with one attached hydrogen (secondary N) is 1. The van der Waals surface area contributed by atoms with Crippen LogP contribution in [0.5, 0.6) is 0 Å². The highest BCUT2D eigenvalue weighted by Gasteiger charge is 2.32. The standard InChI is InChI=1S/C17H20ClNO4S/c1-12-5-6-13(2)15(10-12)24(21,22)16(14-4-3-9-23-14)11-19-17(20)7-8-18/h3-6,9-10,16H,7-8,11H2,1-2H3,(H,19,20)/t16-/m0/s1. The second-order valence-corrected chi connectivity index (χ2v) is 8.04. The van der Waals surface area contributed by atoms with Gasteiger partial charge in [-0.05, 0) is 43.2 Å². The van der Waals surface area contributed by atoms with Crippen molar-refractivity contribution in [2.45, 2.75) is 30.4 Å². The van der Waals surface area contributed by atoms with Gasteiger partial charge in [-0.1, -0.05) is 12.1 Å². The summed E-state index contributed by atoms with van der Waals surface area (Å²) in [5.41, 5.74) is 1.51. The Bertz CT molecular complexity index is 800. The van der Waals surface area contributed by atoms with Crippen molar-refractivity contribution >= 4 is 27.3 Å². The molecule has 0 saturated carbocycles. The lowest BCUT2D eigenvalue weighted by molar-refractivity contribution is -0.120. The van der Waals surface area contributed by atoms with Crippen molar-refractivity contribution in [1.29, 1.82) is 0 Å². The number of carbonyl (C=O) groups excluding carboxylic acids is 1. The van der Waals surface area contributed by atoms with Gasteiger partial charge in [-0.25, -0.2) is 8.42 Å². The molecule has 1 aromatic carbocycles. The fourth-order valence-electron chi connectivity index (χ4n) is 2.39. The smallest absolute Gasteiger partial charge is 0.221 e. The van der Waals surface area contributed by atoms with Crippen LogP contribution in [0.25, 0.3) is 0 Å². The fraction of sp³-hybridized carbons (Fsp3) is 0.353. The normalized spacial score (nSPS) is 12.8. The topological polar surface area (TPSA) is 76.4 Å². The number of alkyl halides is 1. The summed E-state index contributed by atoms with van der Waals surface area (Å²) >= 11 is 5.54. The highest BCUT2D eigenvalue weighted by molar-refractivity contribution is 7.91. The summed E-state index contributed by atoms with van der Waals surface area (Å²) in [7, 11) is -3.73. The lowest BCUT2D eigenvalue weighted by Gasteiger charge is -2.18. The summed E-state index contributed by atoms with van der Waals surface area (Å²) in [5, 5.41) is 1.63. The molecule has 1 amide bonds. The summed E-state index contributed by atoms with van der Waals surface area (Å²) < 4.78 is 31.6. The summed E-state index contributed by atoms with van der Waals surface area (Å²) in [6.45, 7) is 3.51. The number of aryl methyl sites for hydroxylation is 2. The molecular formula is C17H20ClNO4S. The first kappa shape index (κ1) is 18.5. The van der Waals surface area contributed by atoms with Crippen molar-refractivity contribution in [3.63, 3.8) is 0 Å². The average Bonchev–Trinajstić information content (AvgIpc) is 3.04. The van der Waals surface area contributed by atoms with E-state index in [-0.39, 0.29) is 29.6 Å². The fourth-order valence-corrected chi connectivity index (χ4v) is 4.47. The van der Waals surface area contributed by atoms with Crippen molar-refractivity contribution in [3.05, 3.63) is 53.5 Å². The second-order valence-electron chi connectivity index (χ2n) is 5.56. The average molecular weight is 370 g/mol. The molecule has 1 atom stereocenters. The van der Waals surface area contributed by atoms with Crippen LogP contribution in [0.3, 0.4) is 0 Å². The molecule has 0 aliphatic rings. The Balaban J connectivity index is 2.39. The highest BCUT2D eigenvalue weighted by Crippen LogP contribution is 2.31. The maximum Gasteiger partial charge on any atom is 0.221 e. The Morgan fingerprint density at radius 1 is 1.29 bits per heavy atom. The molecule has 0 spiro atoms. The van der Waals surface area contributed by atoms with Gasteiger partial charge in [0.2, 0.25) is 5.91 Å². The number of halogens is 1. The summed E-state index contributed by atoms with van der Waals surface area (Å²) in [6.07, 6.45) is 1.55. The van der Waals surface area contributed by atoms with Gasteiger partial charge < -0.3 is 9.73 Å². The molecule has 1 heterocycles. The van der Waals surface area contributed by atoms with E-state index in [1.54, 1.807) is 31.2 Å². The second kappa shape index (κ2) is 7.85. The van der Waals surface area contributed by atoms with Crippen LogP contribution in [0.4, 0.5) is 0 Å². The predicted octanol–water partition coefficient (Wildman–Crippen LogP) is 3.16. The Hall–Kier alpha value is -1.79. The minimum Gasteiger partial charge on any atom is -0.468 e. The molecule has 2 rings (SSSR count). The molecule has 0 radical (unpaired) electrons. The first-order chi connectivity index (χ1) is 11.4. The molecule has 1 N–H and O–H groups in total. The maximum absolute atomic E-state index is 13.1. The molecular weight excluding hydrogens is 350 g/mol. The van der Waals surface area contributed by atoms with Crippen LogP contribution in [0.15, 0.2) is 45.9 Å². The third-order valence-electron chi connectivity index (χ3n) is 3.69. The first-order valence-corrected chi connectivity index (χ1v) is 9.61. The van der Waals surface area contributed by atoms with E-state index in [2.05, 4.69) is 5.32 Å². The zero-order valence-electron chi connectivity index (χ0n) is 13.6. The lowest BCUT2D eigenvalue weighted by Crippen LogP contribution is -2.32. The molecule has 0 aliphatic heterocycles. The number of furan rings is 1. The van der Waals surface area contributed by atoms with Gasteiger partial charge in [0, 0.05) is 18.8 Å². The molecule has 0 fully saturated rings. The van der Waals surface area contributed by atoms with E-state index in [1.807, 2.05) is 13.0 Å². The van der Waals surface area contributed by atoms with Gasteiger partial charge in [-0.15, -0.1) is 11.6 Å². The zero-order valence-corrected chi connectivity index (χ0v) is 15.2. The van der Waals surface area contributed by atoms with E-state index in [0.717, 1.165) is 5.56 Å². The molecule has 0 aliphatic carbocycles. The Morgan fingerprint density at radius 2 is 2.04 bits per heavy atom. The van der Waals surface area contributed by atoms with Crippen molar-refractivity contribution in [2.75, 3.05) is 12.4 Å². The van der Waals surface area contributed by atoms with E-state index in [9.17, 15) is 13.2 Å². The number of amides is 1. The van der Waals surface area contributed by atoms with E-state index < -0.39 is 15.1 Å². The number of hydrogen-bond acceptors (Lipinski definition) is 4. The molecule has 2 aromatic rings. The van der Waals surface area contributed by atoms with Crippen LogP contribution in [-0.2, 0) is 14.6 Å². The predicted molar refractivity (Wildman–Crippen MR) is 92.9 cm³/mol. The minimum atomic E-state index is -3.73. The molecule has 7 heteroatoms. The number of hydrogen-bond donors (Lipinski definition) is 1. The van der Waals surface area contributed by atoms with Crippen LogP contribution >= 0.6 is 11.6 Å². The van der Waals surface area contributed by atoms with Crippen LogP contribution < -0.4 is 5.32 Å². The quantitative estimate of drug-likeness (QED) is 0.760. The number of carbonyl (C=O) groups is 1. The van der Waals surface area contributed by atoms with Crippen molar-refractivity contribution in [3.8, 4) is 0 Å². The van der Waals surface area contributed by atoms with E-state index in [4.69, 9.17) is 16.0 Å². The third kappa shape index (κ3) is 4.19. The zero-order chi connectivity index (χ0) is 17.7. The molecule has 0 saturated heterocycles. The summed E-state index contributed by atoms with van der Waals surface area (Å²) in [5.74, 6) is 0.181. The maximum atomic E-state index is 13.1. The van der Waals surface area contributed by atoms with E-state index >= 15 is 0 Å². The van der Waals surface area contributed by atoms with Crippen LogP contribution in [-0.4, -0.2) is 26.7 Å². The minimum absolute atomic E-state index is 0.0705. The number of benzene rings is 1.